The van der Waals surface area contributed by atoms with Gasteiger partial charge in [0.2, 0.25) is 0 Å². The van der Waals surface area contributed by atoms with Gasteiger partial charge in [-0.05, 0) is 12.1 Å². The third-order valence-electron chi connectivity index (χ3n) is 2.62. The number of aliphatic imine (C=N–C) groups is 1. The molecule has 0 amide bonds. The summed E-state index contributed by atoms with van der Waals surface area (Å²) in [6.45, 7) is 1.78. The first kappa shape index (κ1) is 9.15. The van der Waals surface area contributed by atoms with Crippen molar-refractivity contribution in [1.82, 2.24) is 14.9 Å². The van der Waals surface area contributed by atoms with Gasteiger partial charge in [-0.25, -0.2) is 4.98 Å². The third kappa shape index (κ3) is 1.48. The minimum Gasteiger partial charge on any atom is -0.368 e. The van der Waals surface area contributed by atoms with E-state index in [0.29, 0.717) is 0 Å². The molecule has 0 aliphatic carbocycles. The summed E-state index contributed by atoms with van der Waals surface area (Å²) in [5, 5.41) is 3.29. The Bertz CT molecular complexity index is 514. The summed E-state index contributed by atoms with van der Waals surface area (Å²) in [4.78, 5) is 8.52. The largest absolute Gasteiger partial charge is 0.368 e. The van der Waals surface area contributed by atoms with Crippen LogP contribution in [0, 0.1) is 0 Å². The van der Waals surface area contributed by atoms with E-state index in [4.69, 9.17) is 0 Å². The predicted molar refractivity (Wildman–Crippen MR) is 63.0 cm³/mol. The predicted octanol–water partition coefficient (Wildman–Crippen LogP) is 1.22. The number of aromatic nitrogens is 2. The highest BCUT2D eigenvalue weighted by Gasteiger charge is 2.12. The van der Waals surface area contributed by atoms with Gasteiger partial charge >= 0.3 is 0 Å². The van der Waals surface area contributed by atoms with Gasteiger partial charge in [0.15, 0.2) is 0 Å². The van der Waals surface area contributed by atoms with Crippen LogP contribution in [0.5, 0.6) is 0 Å². The lowest BCUT2D eigenvalue weighted by Crippen LogP contribution is -2.21. The average Bonchev–Trinajstić information content (AvgIpc) is 3.03. The Kier molecular flexibility index (Phi) is 2.18. The van der Waals surface area contributed by atoms with Crippen LogP contribution in [-0.2, 0) is 0 Å². The second kappa shape index (κ2) is 3.81. The zero-order valence-electron chi connectivity index (χ0n) is 8.80. The SMILES string of the molecule is c1ccc(-n2ccnc2)c(C2=NCCN2)c1. The number of nitrogens with zero attached hydrogens (tertiary/aromatic N) is 3. The number of rotatable bonds is 2. The van der Waals surface area contributed by atoms with Gasteiger partial charge in [-0.3, -0.25) is 4.99 Å². The van der Waals surface area contributed by atoms with Crippen molar-refractivity contribution in [2.75, 3.05) is 13.1 Å². The van der Waals surface area contributed by atoms with Crippen molar-refractivity contribution in [3.05, 3.63) is 48.5 Å². The number of benzene rings is 1. The van der Waals surface area contributed by atoms with Gasteiger partial charge in [0.1, 0.15) is 5.84 Å². The lowest BCUT2D eigenvalue weighted by atomic mass is 10.1. The van der Waals surface area contributed by atoms with E-state index in [9.17, 15) is 0 Å². The second-order valence-electron chi connectivity index (χ2n) is 3.64. The number of para-hydroxylation sites is 1. The van der Waals surface area contributed by atoms with Crippen LogP contribution >= 0.6 is 0 Å². The van der Waals surface area contributed by atoms with Gasteiger partial charge in [-0.1, -0.05) is 12.1 Å². The topological polar surface area (TPSA) is 42.2 Å². The average molecular weight is 212 g/mol. The Morgan fingerprint density at radius 1 is 1.25 bits per heavy atom. The number of amidine groups is 1. The first-order chi connectivity index (χ1) is 7.95. The molecule has 0 spiro atoms. The van der Waals surface area contributed by atoms with Gasteiger partial charge in [-0.2, -0.15) is 0 Å². The van der Waals surface area contributed by atoms with Crippen LogP contribution in [0.25, 0.3) is 5.69 Å². The van der Waals surface area contributed by atoms with E-state index in [1.165, 1.54) is 0 Å². The molecule has 0 bridgehead atoms. The lowest BCUT2D eigenvalue weighted by molar-refractivity contribution is 0.958. The highest BCUT2D eigenvalue weighted by Crippen LogP contribution is 2.15. The summed E-state index contributed by atoms with van der Waals surface area (Å²) in [7, 11) is 0. The van der Waals surface area contributed by atoms with Crippen LogP contribution in [0.4, 0.5) is 0 Å². The first-order valence-electron chi connectivity index (χ1n) is 5.31. The fraction of sp³-hybridized carbons (Fsp3) is 0.167. The van der Waals surface area contributed by atoms with Crippen LogP contribution < -0.4 is 5.32 Å². The molecule has 0 atom stereocenters. The van der Waals surface area contributed by atoms with Crippen molar-refractivity contribution in [3.63, 3.8) is 0 Å². The molecule has 80 valence electrons. The molecule has 1 aliphatic rings. The molecule has 0 saturated carbocycles. The standard InChI is InChI=1S/C12H12N4/c1-2-4-11(16-8-7-13-9-16)10(3-1)12-14-5-6-15-12/h1-4,7-9H,5-6H2,(H,14,15). The molecule has 4 nitrogen and oxygen atoms in total. The summed E-state index contributed by atoms with van der Waals surface area (Å²) in [6.07, 6.45) is 5.52. The second-order valence-corrected chi connectivity index (χ2v) is 3.64. The molecule has 0 unspecified atom stereocenters. The van der Waals surface area contributed by atoms with Crippen LogP contribution in [0.2, 0.25) is 0 Å². The summed E-state index contributed by atoms with van der Waals surface area (Å²) >= 11 is 0. The monoisotopic (exact) mass is 212 g/mol. The molecule has 4 heteroatoms. The van der Waals surface area contributed by atoms with Crippen LogP contribution in [0.1, 0.15) is 5.56 Å². The number of hydrogen-bond acceptors (Lipinski definition) is 3. The maximum atomic E-state index is 4.45. The van der Waals surface area contributed by atoms with Gasteiger partial charge in [0.25, 0.3) is 0 Å². The summed E-state index contributed by atoms with van der Waals surface area (Å²) in [5.41, 5.74) is 2.23. The molecule has 2 heterocycles. The zero-order chi connectivity index (χ0) is 10.8. The minimum absolute atomic E-state index is 0.855. The zero-order valence-corrected chi connectivity index (χ0v) is 8.80. The Morgan fingerprint density at radius 2 is 2.19 bits per heavy atom. The van der Waals surface area contributed by atoms with E-state index < -0.39 is 0 Å². The molecule has 0 radical (unpaired) electrons. The van der Waals surface area contributed by atoms with Gasteiger partial charge < -0.3 is 9.88 Å². The van der Waals surface area contributed by atoms with E-state index in [1.807, 2.05) is 22.9 Å². The van der Waals surface area contributed by atoms with Gasteiger partial charge in [0.05, 0.1) is 18.6 Å². The van der Waals surface area contributed by atoms with Gasteiger partial charge in [0, 0.05) is 24.5 Å². The number of imidazole rings is 1. The van der Waals surface area contributed by atoms with Crippen LogP contribution in [0.3, 0.4) is 0 Å². The van der Waals surface area contributed by atoms with Crippen molar-refractivity contribution in [1.29, 1.82) is 0 Å². The van der Waals surface area contributed by atoms with Crippen molar-refractivity contribution < 1.29 is 0 Å². The van der Waals surface area contributed by atoms with E-state index >= 15 is 0 Å². The summed E-state index contributed by atoms with van der Waals surface area (Å²) in [5.74, 6) is 0.976. The molecule has 1 aliphatic heterocycles. The van der Waals surface area contributed by atoms with E-state index in [1.54, 1.807) is 12.5 Å². The Labute approximate surface area is 93.7 Å². The lowest BCUT2D eigenvalue weighted by Gasteiger charge is -2.10. The molecule has 0 fully saturated rings. The minimum atomic E-state index is 0.855. The Morgan fingerprint density at radius 3 is 2.94 bits per heavy atom. The highest BCUT2D eigenvalue weighted by molar-refractivity contribution is 6.02. The molecule has 1 aromatic carbocycles. The van der Waals surface area contributed by atoms with E-state index in [2.05, 4.69) is 27.4 Å². The van der Waals surface area contributed by atoms with Crippen molar-refractivity contribution in [3.8, 4) is 5.69 Å². The van der Waals surface area contributed by atoms with E-state index in [-0.39, 0.29) is 0 Å². The molecule has 16 heavy (non-hydrogen) atoms. The highest BCUT2D eigenvalue weighted by atomic mass is 15.1. The summed E-state index contributed by atoms with van der Waals surface area (Å²) in [6, 6.07) is 8.19. The Balaban J connectivity index is 2.11. The smallest absolute Gasteiger partial charge is 0.130 e. The summed E-state index contributed by atoms with van der Waals surface area (Å²) < 4.78 is 2.00. The molecule has 1 aromatic heterocycles. The third-order valence-corrected chi connectivity index (χ3v) is 2.62. The van der Waals surface area contributed by atoms with Gasteiger partial charge in [-0.15, -0.1) is 0 Å². The fourth-order valence-electron chi connectivity index (χ4n) is 1.88. The first-order valence-corrected chi connectivity index (χ1v) is 5.31. The number of hydrogen-bond donors (Lipinski definition) is 1. The molecule has 2 aromatic rings. The molecular weight excluding hydrogens is 200 g/mol. The van der Waals surface area contributed by atoms with Crippen molar-refractivity contribution in [2.24, 2.45) is 4.99 Å². The van der Waals surface area contributed by atoms with E-state index in [0.717, 1.165) is 30.2 Å². The Hall–Kier alpha value is -2.10. The molecule has 0 saturated heterocycles. The molecule has 1 N–H and O–H groups in total. The number of nitrogens with one attached hydrogen (secondary N) is 1. The van der Waals surface area contributed by atoms with Crippen LogP contribution in [0.15, 0.2) is 48.0 Å². The van der Waals surface area contributed by atoms with Crippen molar-refractivity contribution in [2.45, 2.75) is 0 Å². The van der Waals surface area contributed by atoms with Crippen molar-refractivity contribution >= 4 is 5.84 Å². The maximum Gasteiger partial charge on any atom is 0.130 e. The normalized spacial score (nSPS) is 14.6. The molecule has 3 rings (SSSR count). The van der Waals surface area contributed by atoms with Crippen LogP contribution in [-0.4, -0.2) is 28.5 Å². The molecular formula is C12H12N4. The maximum absolute atomic E-state index is 4.45. The fourth-order valence-corrected chi connectivity index (χ4v) is 1.88. The quantitative estimate of drug-likeness (QED) is 0.813.